The smallest absolute Gasteiger partial charge is 0.410 e. The molecule has 7 heteroatoms. The van der Waals surface area contributed by atoms with E-state index in [1.54, 1.807) is 9.80 Å². The van der Waals surface area contributed by atoms with Gasteiger partial charge in [-0.25, -0.2) is 9.59 Å². The lowest BCUT2D eigenvalue weighted by Gasteiger charge is -2.33. The molecule has 148 valence electrons. The molecular formula is C19H33N3O4. The van der Waals surface area contributed by atoms with Crippen LogP contribution in [-0.2, 0) is 9.47 Å². The van der Waals surface area contributed by atoms with Gasteiger partial charge in [-0.05, 0) is 60.8 Å². The monoisotopic (exact) mass is 367 g/mol. The minimum Gasteiger partial charge on any atom is -0.444 e. The van der Waals surface area contributed by atoms with Crippen LogP contribution in [0.5, 0.6) is 0 Å². The molecule has 26 heavy (non-hydrogen) atoms. The summed E-state index contributed by atoms with van der Waals surface area (Å²) in [5.74, 6) is 0. The van der Waals surface area contributed by atoms with Crippen molar-refractivity contribution in [2.24, 2.45) is 0 Å². The average molecular weight is 367 g/mol. The van der Waals surface area contributed by atoms with Crippen LogP contribution >= 0.6 is 0 Å². The third-order valence-corrected chi connectivity index (χ3v) is 3.80. The van der Waals surface area contributed by atoms with E-state index in [4.69, 9.17) is 14.7 Å². The molecule has 0 N–H and O–H groups in total. The summed E-state index contributed by atoms with van der Waals surface area (Å²) >= 11 is 0. The first-order chi connectivity index (χ1) is 11.9. The Morgan fingerprint density at radius 2 is 1.77 bits per heavy atom. The second-order valence-corrected chi connectivity index (χ2v) is 8.66. The van der Waals surface area contributed by atoms with Crippen LogP contribution in [0.15, 0.2) is 0 Å². The van der Waals surface area contributed by atoms with Crippen LogP contribution in [0.25, 0.3) is 0 Å². The first-order valence-corrected chi connectivity index (χ1v) is 9.27. The van der Waals surface area contributed by atoms with Gasteiger partial charge in [0.05, 0.1) is 12.1 Å². The molecule has 1 aliphatic heterocycles. The van der Waals surface area contributed by atoms with E-state index < -0.39 is 17.3 Å². The number of rotatable bonds is 5. The summed E-state index contributed by atoms with van der Waals surface area (Å²) in [6.07, 6.45) is 1.89. The van der Waals surface area contributed by atoms with Crippen molar-refractivity contribution >= 4 is 12.2 Å². The molecule has 2 amide bonds. The van der Waals surface area contributed by atoms with Gasteiger partial charge >= 0.3 is 12.2 Å². The first-order valence-electron chi connectivity index (χ1n) is 9.27. The minimum absolute atomic E-state index is 0.0977. The van der Waals surface area contributed by atoms with Gasteiger partial charge in [-0.2, -0.15) is 5.26 Å². The largest absolute Gasteiger partial charge is 0.444 e. The molecule has 0 bridgehead atoms. The third kappa shape index (κ3) is 7.94. The lowest BCUT2D eigenvalue weighted by Crippen LogP contribution is -2.48. The maximum absolute atomic E-state index is 12.5. The highest BCUT2D eigenvalue weighted by molar-refractivity contribution is 5.70. The zero-order valence-corrected chi connectivity index (χ0v) is 17.0. The van der Waals surface area contributed by atoms with Gasteiger partial charge in [-0.3, -0.25) is 0 Å². The molecule has 0 aromatic heterocycles. The van der Waals surface area contributed by atoms with Crippen molar-refractivity contribution in [3.05, 3.63) is 0 Å². The molecule has 0 radical (unpaired) electrons. The Kier molecular flexibility index (Phi) is 7.73. The highest BCUT2D eigenvalue weighted by atomic mass is 16.6. The van der Waals surface area contributed by atoms with Crippen LogP contribution in [0.3, 0.4) is 0 Å². The second-order valence-electron chi connectivity index (χ2n) is 8.66. The number of carbonyl (C=O) groups is 2. The zero-order valence-electron chi connectivity index (χ0n) is 17.0. The number of unbranched alkanes of at least 4 members (excludes halogenated alkanes) is 1. The van der Waals surface area contributed by atoms with Gasteiger partial charge in [0, 0.05) is 26.1 Å². The summed E-state index contributed by atoms with van der Waals surface area (Å²) in [5.41, 5.74) is -1.15. The van der Waals surface area contributed by atoms with Gasteiger partial charge in [0.25, 0.3) is 0 Å². The molecule has 0 aromatic rings. The van der Waals surface area contributed by atoms with Gasteiger partial charge in [-0.15, -0.1) is 0 Å². The molecule has 1 fully saturated rings. The van der Waals surface area contributed by atoms with Crippen molar-refractivity contribution in [2.45, 2.75) is 84.5 Å². The summed E-state index contributed by atoms with van der Waals surface area (Å²) in [6, 6.07) is 2.00. The fraction of sp³-hybridized carbons (Fsp3) is 0.842. The van der Waals surface area contributed by atoms with E-state index in [0.717, 1.165) is 12.8 Å². The number of likely N-dealkylation sites (tertiary alicyclic amines) is 1. The molecular weight excluding hydrogens is 334 g/mol. The standard InChI is InChI=1S/C19H33N3O4/c1-18(2,3)25-16(23)21(12-8-7-11-20)14-15-10-9-13-22(15)17(24)26-19(4,5)6/h15H,7-10,12-14H2,1-6H3/t15-/m0/s1. The van der Waals surface area contributed by atoms with Gasteiger partial charge in [0.1, 0.15) is 11.2 Å². The number of nitriles is 1. The van der Waals surface area contributed by atoms with Crippen molar-refractivity contribution < 1.29 is 19.1 Å². The van der Waals surface area contributed by atoms with Gasteiger partial charge in [0.2, 0.25) is 0 Å². The predicted octanol–water partition coefficient (Wildman–Crippen LogP) is 3.93. The van der Waals surface area contributed by atoms with E-state index in [1.165, 1.54) is 0 Å². The Labute approximate surface area is 157 Å². The first kappa shape index (κ1) is 22.1. The Morgan fingerprint density at radius 3 is 2.31 bits per heavy atom. The molecule has 7 nitrogen and oxygen atoms in total. The van der Waals surface area contributed by atoms with E-state index in [9.17, 15) is 9.59 Å². The topological polar surface area (TPSA) is 82.9 Å². The predicted molar refractivity (Wildman–Crippen MR) is 98.6 cm³/mol. The van der Waals surface area contributed by atoms with Crippen molar-refractivity contribution in [1.29, 1.82) is 5.26 Å². The molecule has 1 saturated heterocycles. The van der Waals surface area contributed by atoms with Crippen molar-refractivity contribution in [2.75, 3.05) is 19.6 Å². The summed E-state index contributed by atoms with van der Waals surface area (Å²) in [4.78, 5) is 28.3. The fourth-order valence-electron chi connectivity index (χ4n) is 2.77. The summed E-state index contributed by atoms with van der Waals surface area (Å²) in [5, 5.41) is 8.76. The molecule has 0 saturated carbocycles. The van der Waals surface area contributed by atoms with Crippen molar-refractivity contribution in [3.63, 3.8) is 0 Å². The molecule has 0 aliphatic carbocycles. The Hall–Kier alpha value is -1.97. The van der Waals surface area contributed by atoms with E-state index in [1.807, 2.05) is 41.5 Å². The van der Waals surface area contributed by atoms with E-state index in [0.29, 0.717) is 32.5 Å². The van der Waals surface area contributed by atoms with Crippen LogP contribution in [0.1, 0.15) is 67.2 Å². The third-order valence-electron chi connectivity index (χ3n) is 3.80. The highest BCUT2D eigenvalue weighted by Gasteiger charge is 2.35. The fourth-order valence-corrected chi connectivity index (χ4v) is 2.77. The van der Waals surface area contributed by atoms with Gasteiger partial charge in [-0.1, -0.05) is 0 Å². The van der Waals surface area contributed by atoms with Crippen molar-refractivity contribution in [3.8, 4) is 6.07 Å². The molecule has 0 spiro atoms. The van der Waals surface area contributed by atoms with E-state index in [-0.39, 0.29) is 12.1 Å². The molecule has 0 aromatic carbocycles. The lowest BCUT2D eigenvalue weighted by molar-refractivity contribution is 0.00871. The normalized spacial score (nSPS) is 17.6. The number of hydrogen-bond donors (Lipinski definition) is 0. The average Bonchev–Trinajstić information content (AvgIpc) is 2.91. The summed E-state index contributed by atoms with van der Waals surface area (Å²) in [6.45, 7) is 12.4. The number of amides is 2. The highest BCUT2D eigenvalue weighted by Crippen LogP contribution is 2.22. The minimum atomic E-state index is -0.592. The van der Waals surface area contributed by atoms with Crippen LogP contribution in [0.4, 0.5) is 9.59 Å². The van der Waals surface area contributed by atoms with Gasteiger partial charge in [0.15, 0.2) is 0 Å². The molecule has 1 rings (SSSR count). The number of hydrogen-bond acceptors (Lipinski definition) is 5. The SMILES string of the molecule is CC(C)(C)OC(=O)N(CCCC#N)C[C@@H]1CCCN1C(=O)OC(C)(C)C. The Bertz CT molecular complexity index is 528. The van der Waals surface area contributed by atoms with Crippen molar-refractivity contribution in [1.82, 2.24) is 9.80 Å². The Balaban J connectivity index is 2.79. The van der Waals surface area contributed by atoms with Crippen LogP contribution < -0.4 is 0 Å². The lowest BCUT2D eigenvalue weighted by atomic mass is 10.2. The quantitative estimate of drug-likeness (QED) is 0.688. The number of ether oxygens (including phenoxy) is 2. The molecule has 1 aliphatic rings. The van der Waals surface area contributed by atoms with Crippen LogP contribution in [-0.4, -0.2) is 58.9 Å². The molecule has 1 heterocycles. The maximum Gasteiger partial charge on any atom is 0.410 e. The van der Waals surface area contributed by atoms with Gasteiger partial charge < -0.3 is 19.3 Å². The second kappa shape index (κ2) is 9.11. The molecule has 0 unspecified atom stereocenters. The Morgan fingerprint density at radius 1 is 1.15 bits per heavy atom. The van der Waals surface area contributed by atoms with E-state index in [2.05, 4.69) is 6.07 Å². The van der Waals surface area contributed by atoms with Crippen LogP contribution in [0, 0.1) is 11.3 Å². The maximum atomic E-state index is 12.5. The van der Waals surface area contributed by atoms with E-state index >= 15 is 0 Å². The molecule has 1 atom stereocenters. The van der Waals surface area contributed by atoms with Crippen LogP contribution in [0.2, 0.25) is 0 Å². The zero-order chi connectivity index (χ0) is 20.0. The number of carbonyl (C=O) groups excluding carboxylic acids is 2. The number of nitrogens with zero attached hydrogens (tertiary/aromatic N) is 3. The summed E-state index contributed by atoms with van der Waals surface area (Å²) < 4.78 is 11.0. The summed E-state index contributed by atoms with van der Waals surface area (Å²) in [7, 11) is 0.